The molecule has 0 atom stereocenters. The topological polar surface area (TPSA) is 55.4 Å². The molecule has 0 aromatic carbocycles. The summed E-state index contributed by atoms with van der Waals surface area (Å²) in [6.07, 6.45) is -1.05. The monoisotopic (exact) mass is 226 g/mol. The van der Waals surface area contributed by atoms with E-state index in [4.69, 9.17) is 0 Å². The zero-order chi connectivity index (χ0) is 12.3. The van der Waals surface area contributed by atoms with E-state index in [1.54, 1.807) is 26.1 Å². The number of alkyl carbamates (subject to hydrolysis) is 1. The second kappa shape index (κ2) is 4.54. The molecule has 0 aliphatic carbocycles. The lowest BCUT2D eigenvalue weighted by molar-refractivity contribution is -0.114. The second-order valence-corrected chi connectivity index (χ2v) is 3.90. The normalized spacial score (nSPS) is 12.1. The van der Waals surface area contributed by atoms with Gasteiger partial charge in [0.1, 0.15) is 5.60 Å². The predicted molar refractivity (Wildman–Crippen MR) is 48.3 cm³/mol. The molecule has 0 spiro atoms. The van der Waals surface area contributed by atoms with Gasteiger partial charge in [-0.1, -0.05) is 0 Å². The van der Waals surface area contributed by atoms with E-state index in [-0.39, 0.29) is 0 Å². The summed E-state index contributed by atoms with van der Waals surface area (Å²) < 4.78 is 39.9. The number of ether oxygens (including phenoxy) is 1. The molecule has 0 saturated heterocycles. The van der Waals surface area contributed by atoms with E-state index in [0.29, 0.717) is 0 Å². The van der Waals surface area contributed by atoms with Gasteiger partial charge in [-0.3, -0.25) is 0 Å². The van der Waals surface area contributed by atoms with Crippen molar-refractivity contribution in [3.05, 3.63) is 0 Å². The average Bonchev–Trinajstić information content (AvgIpc) is 1.94. The molecule has 4 nitrogen and oxygen atoms in total. The van der Waals surface area contributed by atoms with Crippen molar-refractivity contribution in [3.8, 4) is 0 Å². The average molecular weight is 226 g/mol. The van der Waals surface area contributed by atoms with E-state index in [9.17, 15) is 22.5 Å². The molecule has 15 heavy (non-hydrogen) atoms. The summed E-state index contributed by atoms with van der Waals surface area (Å²) >= 11 is 0. The van der Waals surface area contributed by atoms with Gasteiger partial charge in [-0.05, 0) is 20.8 Å². The highest BCUT2D eigenvalue weighted by atomic mass is 19.4. The Hall–Kier alpha value is -1.21. The summed E-state index contributed by atoms with van der Waals surface area (Å²) in [7, 11) is 0. The Bertz CT molecular complexity index is 259. The van der Waals surface area contributed by atoms with E-state index in [1.807, 2.05) is 0 Å². The lowest BCUT2D eigenvalue weighted by Crippen LogP contribution is -2.42. The van der Waals surface area contributed by atoms with Crippen LogP contribution in [-0.4, -0.2) is 30.9 Å². The van der Waals surface area contributed by atoms with Crippen molar-refractivity contribution in [1.29, 1.82) is 0 Å². The molecule has 88 valence electrons. The van der Waals surface area contributed by atoms with E-state index in [1.165, 1.54) is 0 Å². The maximum atomic E-state index is 11.8. The minimum atomic E-state index is -5.55. The molecule has 0 aromatic rings. The van der Waals surface area contributed by atoms with Gasteiger partial charge >= 0.3 is 13.1 Å². The van der Waals surface area contributed by atoms with Gasteiger partial charge in [-0.15, -0.1) is 0 Å². The van der Waals surface area contributed by atoms with Crippen LogP contribution in [0.5, 0.6) is 0 Å². The summed E-state index contributed by atoms with van der Waals surface area (Å²) in [5.41, 5.74) is -2.77. The van der Waals surface area contributed by atoms with Crippen LogP contribution >= 0.6 is 0 Å². The van der Waals surface area contributed by atoms with E-state index < -0.39 is 30.9 Å². The number of carbonyl (C=O) groups excluding carboxylic acids is 2. The van der Waals surface area contributed by atoms with Crippen LogP contribution < -0.4 is 5.32 Å². The van der Waals surface area contributed by atoms with Crippen molar-refractivity contribution in [2.45, 2.75) is 26.4 Å². The number of hydrogen-bond donors (Lipinski definition) is 1. The predicted octanol–water partition coefficient (Wildman–Crippen LogP) is 1.47. The Kier molecular flexibility index (Phi) is 4.18. The molecule has 0 fully saturated rings. The fourth-order valence-electron chi connectivity index (χ4n) is 0.589. The van der Waals surface area contributed by atoms with E-state index in [0.717, 1.165) is 0 Å². The van der Waals surface area contributed by atoms with Crippen LogP contribution in [-0.2, 0) is 9.53 Å². The second-order valence-electron chi connectivity index (χ2n) is 3.90. The standard InChI is InChI=1S/C7H12BF3NO3/c1-7(2,3)15-6(14)12-4-5(13)8(9,10)11/h4H2,1-3H3,(H,12,14)/q-1. The smallest absolute Gasteiger partial charge is 0.444 e. The first-order valence-corrected chi connectivity index (χ1v) is 4.22. The molecule has 0 unspecified atom stereocenters. The van der Waals surface area contributed by atoms with Gasteiger partial charge < -0.3 is 27.8 Å². The van der Waals surface area contributed by atoms with Gasteiger partial charge in [-0.2, -0.15) is 0 Å². The molecule has 0 aliphatic rings. The summed E-state index contributed by atoms with van der Waals surface area (Å²) in [5.74, 6) is 0. The SMILES string of the molecule is CC(C)(C)OC(=O)NCC(=O)[B-](F)(F)F. The molecular weight excluding hydrogens is 214 g/mol. The lowest BCUT2D eigenvalue weighted by atomic mass is 9.84. The molecule has 0 aromatic heterocycles. The van der Waals surface area contributed by atoms with Crippen molar-refractivity contribution in [2.24, 2.45) is 0 Å². The molecule has 0 radical (unpaired) electrons. The van der Waals surface area contributed by atoms with Crippen molar-refractivity contribution in [2.75, 3.05) is 6.54 Å². The Morgan fingerprint density at radius 3 is 2.07 bits per heavy atom. The molecule has 1 N–H and O–H groups in total. The number of nitrogens with one attached hydrogen (secondary N) is 1. The van der Waals surface area contributed by atoms with Gasteiger partial charge in [0.2, 0.25) is 0 Å². The third-order valence-corrected chi connectivity index (χ3v) is 1.17. The van der Waals surface area contributed by atoms with Crippen molar-refractivity contribution in [1.82, 2.24) is 5.32 Å². The highest BCUT2D eigenvalue weighted by Crippen LogP contribution is 2.09. The van der Waals surface area contributed by atoms with Crippen LogP contribution in [0.4, 0.5) is 17.7 Å². The lowest BCUT2D eigenvalue weighted by Gasteiger charge is -2.20. The van der Waals surface area contributed by atoms with E-state index >= 15 is 0 Å². The number of carbonyl (C=O) groups is 2. The van der Waals surface area contributed by atoms with Gasteiger partial charge in [-0.25, -0.2) is 4.79 Å². The van der Waals surface area contributed by atoms with Crippen LogP contribution in [0, 0.1) is 0 Å². The minimum Gasteiger partial charge on any atom is -0.444 e. The van der Waals surface area contributed by atoms with Gasteiger partial charge in [0.25, 0.3) is 0 Å². The Morgan fingerprint density at radius 1 is 1.27 bits per heavy atom. The van der Waals surface area contributed by atoms with E-state index in [2.05, 4.69) is 4.74 Å². The Labute approximate surface area is 85.2 Å². The number of amides is 1. The fraction of sp³-hybridized carbons (Fsp3) is 0.714. The van der Waals surface area contributed by atoms with Crippen LogP contribution in [0.3, 0.4) is 0 Å². The molecule has 1 amide bonds. The van der Waals surface area contributed by atoms with Gasteiger partial charge in [0, 0.05) is 0 Å². The molecule has 8 heteroatoms. The van der Waals surface area contributed by atoms with Crippen LogP contribution in [0.25, 0.3) is 0 Å². The summed E-state index contributed by atoms with van der Waals surface area (Å²) in [6, 6.07) is 0. The van der Waals surface area contributed by atoms with Crippen molar-refractivity contribution >= 4 is 18.8 Å². The molecule has 0 saturated carbocycles. The molecule has 0 aliphatic heterocycles. The maximum Gasteiger partial charge on any atom is 0.546 e. The quantitative estimate of drug-likeness (QED) is 0.741. The first-order chi connectivity index (χ1) is 6.52. The Morgan fingerprint density at radius 2 is 1.73 bits per heavy atom. The zero-order valence-electron chi connectivity index (χ0n) is 8.64. The third kappa shape index (κ3) is 6.81. The highest BCUT2D eigenvalue weighted by molar-refractivity contribution is 6.91. The largest absolute Gasteiger partial charge is 0.546 e. The Balaban J connectivity index is 3.98. The first-order valence-electron chi connectivity index (χ1n) is 4.22. The highest BCUT2D eigenvalue weighted by Gasteiger charge is 2.33. The zero-order valence-corrected chi connectivity index (χ0v) is 8.64. The van der Waals surface area contributed by atoms with Crippen molar-refractivity contribution < 1.29 is 27.3 Å². The third-order valence-electron chi connectivity index (χ3n) is 1.17. The van der Waals surface area contributed by atoms with Gasteiger partial charge in [0.05, 0.1) is 12.2 Å². The van der Waals surface area contributed by atoms with Gasteiger partial charge in [0.15, 0.2) is 0 Å². The van der Waals surface area contributed by atoms with Crippen LogP contribution in [0.2, 0.25) is 0 Å². The summed E-state index contributed by atoms with van der Waals surface area (Å²) in [5, 5.41) is 1.73. The maximum absolute atomic E-state index is 11.8. The molecular formula is C7H12BF3NO3-. The minimum absolute atomic E-state index is 0.809. The number of hydrogen-bond acceptors (Lipinski definition) is 3. The molecule has 0 bridgehead atoms. The number of rotatable bonds is 3. The summed E-state index contributed by atoms with van der Waals surface area (Å²) in [4.78, 5) is 21.2. The number of halogens is 3. The van der Waals surface area contributed by atoms with Crippen LogP contribution in [0.1, 0.15) is 20.8 Å². The first kappa shape index (κ1) is 13.8. The molecule has 0 rings (SSSR count). The molecule has 0 heterocycles. The summed E-state index contributed by atoms with van der Waals surface area (Å²) in [6.45, 7) is -1.96. The fourth-order valence-corrected chi connectivity index (χ4v) is 0.589. The van der Waals surface area contributed by atoms with Crippen molar-refractivity contribution in [3.63, 3.8) is 0 Å². The van der Waals surface area contributed by atoms with Crippen LogP contribution in [0.15, 0.2) is 0 Å².